The van der Waals surface area contributed by atoms with Crippen LogP contribution in [0.2, 0.25) is 0 Å². The molecule has 0 N–H and O–H groups in total. The van der Waals surface area contributed by atoms with Gasteiger partial charge in [-0.1, -0.05) is 13.8 Å². The van der Waals surface area contributed by atoms with Crippen LogP contribution in [0.5, 0.6) is 5.75 Å². The van der Waals surface area contributed by atoms with Gasteiger partial charge < -0.3 is 4.74 Å². The molecule has 12 heavy (non-hydrogen) atoms. The summed E-state index contributed by atoms with van der Waals surface area (Å²) >= 11 is 0. The molecule has 0 aliphatic carbocycles. The first-order valence-corrected chi connectivity index (χ1v) is 4.21. The lowest BCUT2D eigenvalue weighted by molar-refractivity contribution is 0.409. The molecule has 0 unspecified atom stereocenters. The van der Waals surface area contributed by atoms with Crippen molar-refractivity contribution in [3.63, 3.8) is 0 Å². The van der Waals surface area contributed by atoms with Gasteiger partial charge in [0.25, 0.3) is 0 Å². The summed E-state index contributed by atoms with van der Waals surface area (Å²) in [6.07, 6.45) is 3.56. The van der Waals surface area contributed by atoms with Gasteiger partial charge in [-0.25, -0.2) is 0 Å². The highest BCUT2D eigenvalue weighted by Crippen LogP contribution is 2.17. The minimum atomic E-state index is 0.861. The number of hydrogen-bond donors (Lipinski definition) is 0. The van der Waals surface area contributed by atoms with Crippen LogP contribution in [-0.4, -0.2) is 12.1 Å². The lowest BCUT2D eigenvalue weighted by Crippen LogP contribution is -1.90. The first-order valence-electron chi connectivity index (χ1n) is 4.21. The maximum atomic E-state index is 5.06. The van der Waals surface area contributed by atoms with Gasteiger partial charge in [0, 0.05) is 6.20 Å². The third-order valence-corrected chi connectivity index (χ3v) is 1.64. The van der Waals surface area contributed by atoms with Crippen LogP contribution < -0.4 is 4.74 Å². The fourth-order valence-electron chi connectivity index (χ4n) is 0.811. The molecule has 1 aromatic heterocycles. The van der Waals surface area contributed by atoms with Crippen LogP contribution in [0.1, 0.15) is 25.0 Å². The molecular formula is C10H17NO. The summed E-state index contributed by atoms with van der Waals surface area (Å²) < 4.78 is 5.06. The summed E-state index contributed by atoms with van der Waals surface area (Å²) in [4.78, 5) is 3.99. The molecule has 1 aromatic rings. The lowest BCUT2D eigenvalue weighted by atomic mass is 10.2. The Labute approximate surface area is 74.6 Å². The molecule has 2 heteroatoms. The van der Waals surface area contributed by atoms with Crippen molar-refractivity contribution in [3.8, 4) is 5.75 Å². The third-order valence-electron chi connectivity index (χ3n) is 1.64. The number of methoxy groups -OCH3 is 1. The van der Waals surface area contributed by atoms with Gasteiger partial charge in [0.15, 0.2) is 0 Å². The summed E-state index contributed by atoms with van der Waals surface area (Å²) in [5.41, 5.74) is 2.33. The molecule has 0 radical (unpaired) electrons. The molecule has 1 rings (SSSR count). The molecule has 0 aromatic carbocycles. The van der Waals surface area contributed by atoms with E-state index in [-0.39, 0.29) is 0 Å². The average Bonchev–Trinajstić information content (AvgIpc) is 2.13. The van der Waals surface area contributed by atoms with Crippen molar-refractivity contribution in [1.29, 1.82) is 0 Å². The van der Waals surface area contributed by atoms with Crippen molar-refractivity contribution in [2.24, 2.45) is 0 Å². The monoisotopic (exact) mass is 167 g/mol. The van der Waals surface area contributed by atoms with Gasteiger partial charge in [-0.2, -0.15) is 0 Å². The summed E-state index contributed by atoms with van der Waals surface area (Å²) in [6.45, 7) is 8.04. The summed E-state index contributed by atoms with van der Waals surface area (Å²) in [5, 5.41) is 0. The Morgan fingerprint density at radius 2 is 1.75 bits per heavy atom. The number of hydrogen-bond acceptors (Lipinski definition) is 2. The van der Waals surface area contributed by atoms with E-state index in [9.17, 15) is 0 Å². The van der Waals surface area contributed by atoms with E-state index in [2.05, 4.69) is 4.98 Å². The highest BCUT2D eigenvalue weighted by molar-refractivity contribution is 5.34. The van der Waals surface area contributed by atoms with Crippen molar-refractivity contribution < 1.29 is 4.74 Å². The number of aromatic nitrogens is 1. The summed E-state index contributed by atoms with van der Waals surface area (Å²) in [7, 11) is 1.66. The second-order valence-corrected chi connectivity index (χ2v) is 2.28. The van der Waals surface area contributed by atoms with Gasteiger partial charge in [0.2, 0.25) is 0 Å². The second-order valence-electron chi connectivity index (χ2n) is 2.28. The minimum Gasteiger partial charge on any atom is -0.495 e. The van der Waals surface area contributed by atoms with E-state index in [0.29, 0.717) is 0 Å². The van der Waals surface area contributed by atoms with E-state index < -0.39 is 0 Å². The molecule has 0 spiro atoms. The SMILES string of the molecule is CC.COc1cncc(C)c1C. The largest absolute Gasteiger partial charge is 0.495 e. The van der Waals surface area contributed by atoms with Gasteiger partial charge in [0.05, 0.1) is 13.3 Å². The van der Waals surface area contributed by atoms with E-state index in [4.69, 9.17) is 4.74 Å². The molecule has 0 aliphatic rings. The summed E-state index contributed by atoms with van der Waals surface area (Å²) in [5.74, 6) is 0.861. The molecule has 0 bridgehead atoms. The first kappa shape index (κ1) is 11.0. The Hall–Kier alpha value is -1.05. The van der Waals surface area contributed by atoms with Crippen LogP contribution in [0.3, 0.4) is 0 Å². The molecule has 2 nitrogen and oxygen atoms in total. The standard InChI is InChI=1S/C8H11NO.C2H6/c1-6-4-9-5-8(10-3)7(6)2;1-2/h4-5H,1-3H3;1-2H3. The van der Waals surface area contributed by atoms with Gasteiger partial charge in [-0.15, -0.1) is 0 Å². The molecule has 0 amide bonds. The van der Waals surface area contributed by atoms with Crippen LogP contribution in [-0.2, 0) is 0 Å². The van der Waals surface area contributed by atoms with E-state index in [1.165, 1.54) is 5.56 Å². The second kappa shape index (κ2) is 5.58. The highest BCUT2D eigenvalue weighted by Gasteiger charge is 1.98. The normalized spacial score (nSPS) is 8.42. The van der Waals surface area contributed by atoms with Crippen LogP contribution in [0.15, 0.2) is 12.4 Å². The van der Waals surface area contributed by atoms with Crippen molar-refractivity contribution in [2.45, 2.75) is 27.7 Å². The van der Waals surface area contributed by atoms with Gasteiger partial charge in [-0.3, -0.25) is 4.98 Å². The van der Waals surface area contributed by atoms with E-state index >= 15 is 0 Å². The van der Waals surface area contributed by atoms with Crippen molar-refractivity contribution >= 4 is 0 Å². The van der Waals surface area contributed by atoms with Crippen LogP contribution in [0, 0.1) is 13.8 Å². The molecule has 1 heterocycles. The Balaban J connectivity index is 0.000000561. The summed E-state index contributed by atoms with van der Waals surface area (Å²) in [6, 6.07) is 0. The Bertz CT molecular complexity index is 233. The average molecular weight is 167 g/mol. The van der Waals surface area contributed by atoms with E-state index in [1.807, 2.05) is 33.9 Å². The number of rotatable bonds is 1. The predicted molar refractivity (Wildman–Crippen MR) is 51.6 cm³/mol. The topological polar surface area (TPSA) is 22.1 Å². The van der Waals surface area contributed by atoms with Crippen molar-refractivity contribution in [3.05, 3.63) is 23.5 Å². The van der Waals surface area contributed by atoms with Gasteiger partial charge >= 0.3 is 0 Å². The maximum absolute atomic E-state index is 5.06. The smallest absolute Gasteiger partial charge is 0.140 e. The fraction of sp³-hybridized carbons (Fsp3) is 0.500. The minimum absolute atomic E-state index is 0.861. The molecule has 0 saturated heterocycles. The van der Waals surface area contributed by atoms with Crippen molar-refractivity contribution in [1.82, 2.24) is 4.98 Å². The zero-order valence-corrected chi connectivity index (χ0v) is 8.51. The first-order chi connectivity index (χ1) is 5.75. The Morgan fingerprint density at radius 1 is 1.17 bits per heavy atom. The number of nitrogens with zero attached hydrogens (tertiary/aromatic N) is 1. The lowest BCUT2D eigenvalue weighted by Gasteiger charge is -2.04. The van der Waals surface area contributed by atoms with Crippen LogP contribution >= 0.6 is 0 Å². The number of aryl methyl sites for hydroxylation is 1. The highest BCUT2D eigenvalue weighted by atomic mass is 16.5. The maximum Gasteiger partial charge on any atom is 0.140 e. The third kappa shape index (κ3) is 2.53. The Morgan fingerprint density at radius 3 is 2.17 bits per heavy atom. The molecule has 0 aliphatic heterocycles. The van der Waals surface area contributed by atoms with E-state index in [0.717, 1.165) is 11.3 Å². The zero-order chi connectivity index (χ0) is 9.56. The van der Waals surface area contributed by atoms with Gasteiger partial charge in [0.1, 0.15) is 5.75 Å². The van der Waals surface area contributed by atoms with Crippen molar-refractivity contribution in [2.75, 3.05) is 7.11 Å². The quantitative estimate of drug-likeness (QED) is 0.641. The van der Waals surface area contributed by atoms with Gasteiger partial charge in [-0.05, 0) is 25.0 Å². The number of ether oxygens (including phenoxy) is 1. The Kier molecular flexibility index (Phi) is 5.09. The predicted octanol–water partition coefficient (Wildman–Crippen LogP) is 2.73. The molecular weight excluding hydrogens is 150 g/mol. The molecule has 68 valence electrons. The number of pyridine rings is 1. The fourth-order valence-corrected chi connectivity index (χ4v) is 0.811. The van der Waals surface area contributed by atoms with Crippen LogP contribution in [0.4, 0.5) is 0 Å². The van der Waals surface area contributed by atoms with Crippen LogP contribution in [0.25, 0.3) is 0 Å². The molecule has 0 fully saturated rings. The molecule has 0 atom stereocenters. The van der Waals surface area contributed by atoms with E-state index in [1.54, 1.807) is 13.3 Å². The zero-order valence-electron chi connectivity index (χ0n) is 8.51. The molecule has 0 saturated carbocycles.